The highest BCUT2D eigenvalue weighted by Gasteiger charge is 2.26. The van der Waals surface area contributed by atoms with Crippen molar-refractivity contribution in [2.24, 2.45) is 0 Å². The molecule has 0 amide bonds. The number of benzene rings is 3. The van der Waals surface area contributed by atoms with Crippen LogP contribution in [0.2, 0.25) is 0 Å². The maximum Gasteiger partial charge on any atom is 0.141 e. The fourth-order valence-corrected chi connectivity index (χ4v) is 4.87. The van der Waals surface area contributed by atoms with Crippen molar-refractivity contribution in [1.29, 1.82) is 5.26 Å². The molecule has 1 atom stereocenters. The molecule has 0 fully saturated rings. The van der Waals surface area contributed by atoms with Gasteiger partial charge in [0.25, 0.3) is 0 Å². The van der Waals surface area contributed by atoms with E-state index < -0.39 is 5.82 Å². The molecular weight excluding hydrogens is 411 g/mol. The van der Waals surface area contributed by atoms with Crippen molar-refractivity contribution in [3.05, 3.63) is 87.7 Å². The average molecular weight is 443 g/mol. The lowest BCUT2D eigenvalue weighted by Gasteiger charge is -2.35. The van der Waals surface area contributed by atoms with E-state index in [4.69, 9.17) is 4.74 Å². The quantitative estimate of drug-likeness (QED) is 0.430. The lowest BCUT2D eigenvalue weighted by molar-refractivity contribution is 0.192. The third-order valence-corrected chi connectivity index (χ3v) is 6.94. The molecule has 0 radical (unpaired) electrons. The van der Waals surface area contributed by atoms with Crippen molar-refractivity contribution < 1.29 is 9.13 Å². The molecular formula is C29H31FN2O. The predicted molar refractivity (Wildman–Crippen MR) is 131 cm³/mol. The van der Waals surface area contributed by atoms with Crippen LogP contribution in [0.25, 0.3) is 11.1 Å². The summed E-state index contributed by atoms with van der Waals surface area (Å²) in [6.45, 7) is 10.2. The number of nitriles is 1. The molecule has 0 N–H and O–H groups in total. The topological polar surface area (TPSA) is 36.3 Å². The van der Waals surface area contributed by atoms with Gasteiger partial charge in [0.2, 0.25) is 0 Å². The number of hydrogen-bond donors (Lipinski definition) is 0. The van der Waals surface area contributed by atoms with Crippen LogP contribution in [0.5, 0.6) is 5.75 Å². The first-order valence-electron chi connectivity index (χ1n) is 11.6. The fraction of sp³-hybridized carbons (Fsp3) is 0.345. The molecule has 1 unspecified atom stereocenters. The predicted octanol–water partition coefficient (Wildman–Crippen LogP) is 6.92. The van der Waals surface area contributed by atoms with Crippen molar-refractivity contribution in [2.45, 2.75) is 52.6 Å². The number of ether oxygens (including phenoxy) is 1. The highest BCUT2D eigenvalue weighted by molar-refractivity contribution is 5.77. The summed E-state index contributed by atoms with van der Waals surface area (Å²) in [5, 5.41) is 9.25. The molecule has 3 aromatic rings. The zero-order valence-electron chi connectivity index (χ0n) is 20.1. The molecule has 4 heteroatoms. The molecule has 170 valence electrons. The molecule has 0 saturated carbocycles. The Balaban J connectivity index is 1.68. The van der Waals surface area contributed by atoms with Crippen molar-refractivity contribution in [3.8, 4) is 22.9 Å². The second-order valence-electron chi connectivity index (χ2n) is 9.26. The van der Waals surface area contributed by atoms with Gasteiger partial charge in [-0.1, -0.05) is 44.2 Å². The van der Waals surface area contributed by atoms with E-state index in [0.29, 0.717) is 17.5 Å². The Morgan fingerprint density at radius 1 is 1.03 bits per heavy atom. The summed E-state index contributed by atoms with van der Waals surface area (Å²) >= 11 is 0. The third kappa shape index (κ3) is 4.38. The Morgan fingerprint density at radius 3 is 2.33 bits per heavy atom. The van der Waals surface area contributed by atoms with E-state index in [0.717, 1.165) is 36.4 Å². The van der Waals surface area contributed by atoms with E-state index in [-0.39, 0.29) is 5.56 Å². The Morgan fingerprint density at radius 2 is 1.73 bits per heavy atom. The second-order valence-corrected chi connectivity index (χ2v) is 9.26. The van der Waals surface area contributed by atoms with E-state index in [1.807, 2.05) is 18.2 Å². The van der Waals surface area contributed by atoms with Gasteiger partial charge in [0, 0.05) is 24.7 Å². The zero-order valence-corrected chi connectivity index (χ0v) is 20.1. The van der Waals surface area contributed by atoms with Crippen molar-refractivity contribution in [3.63, 3.8) is 0 Å². The molecule has 3 nitrogen and oxygen atoms in total. The SMILES string of the molecule is COc1ccc2c(c1-c1cc(C)c(C#N)c(F)c1)CCN(C(C)c1ccc(C(C)C)cc1)C2. The number of halogens is 1. The van der Waals surface area contributed by atoms with Gasteiger partial charge < -0.3 is 4.74 Å². The minimum Gasteiger partial charge on any atom is -0.496 e. The van der Waals surface area contributed by atoms with E-state index >= 15 is 0 Å². The largest absolute Gasteiger partial charge is 0.496 e. The molecule has 1 aliphatic heterocycles. The number of aryl methyl sites for hydroxylation is 1. The van der Waals surface area contributed by atoms with Crippen molar-refractivity contribution in [1.82, 2.24) is 4.90 Å². The maximum atomic E-state index is 14.6. The van der Waals surface area contributed by atoms with Gasteiger partial charge in [-0.25, -0.2) is 4.39 Å². The summed E-state index contributed by atoms with van der Waals surface area (Å²) in [5.41, 5.74) is 7.58. The molecule has 1 heterocycles. The number of nitrogens with zero attached hydrogens (tertiary/aromatic N) is 2. The number of rotatable bonds is 5. The van der Waals surface area contributed by atoms with Gasteiger partial charge in [-0.05, 0) is 77.8 Å². The highest BCUT2D eigenvalue weighted by atomic mass is 19.1. The van der Waals surface area contributed by atoms with Crippen LogP contribution in [0.3, 0.4) is 0 Å². The molecule has 3 aromatic carbocycles. The summed E-state index contributed by atoms with van der Waals surface area (Å²) in [5.74, 6) is 0.784. The standard InChI is InChI=1S/C29H31FN2O/c1-18(2)21-6-8-22(9-7-21)20(4)32-13-12-25-23(17-32)10-11-28(33-5)29(25)24-14-19(3)26(16-31)27(30)15-24/h6-11,14-15,18,20H,12-13,17H2,1-5H3. The van der Waals surface area contributed by atoms with Gasteiger partial charge in [0.1, 0.15) is 17.6 Å². The average Bonchev–Trinajstić information content (AvgIpc) is 2.82. The Labute approximate surface area is 196 Å². The van der Waals surface area contributed by atoms with Gasteiger partial charge >= 0.3 is 0 Å². The molecule has 0 spiro atoms. The molecule has 0 aliphatic carbocycles. The van der Waals surface area contributed by atoms with Crippen LogP contribution in [0, 0.1) is 24.1 Å². The second kappa shape index (κ2) is 9.37. The van der Waals surface area contributed by atoms with E-state index in [2.05, 4.69) is 56.0 Å². The van der Waals surface area contributed by atoms with Crippen LogP contribution >= 0.6 is 0 Å². The van der Waals surface area contributed by atoms with Crippen LogP contribution in [0.1, 0.15) is 66.1 Å². The number of fused-ring (bicyclic) bond motifs is 1. The lowest BCUT2D eigenvalue weighted by atomic mass is 9.88. The van der Waals surface area contributed by atoms with E-state index in [1.165, 1.54) is 28.3 Å². The minimum atomic E-state index is -0.483. The van der Waals surface area contributed by atoms with Crippen LogP contribution in [0.15, 0.2) is 48.5 Å². The fourth-order valence-electron chi connectivity index (χ4n) is 4.87. The minimum absolute atomic E-state index is 0.103. The summed E-state index contributed by atoms with van der Waals surface area (Å²) in [6.07, 6.45) is 0.858. The summed E-state index contributed by atoms with van der Waals surface area (Å²) < 4.78 is 20.3. The van der Waals surface area contributed by atoms with Gasteiger partial charge in [0.05, 0.1) is 12.7 Å². The summed E-state index contributed by atoms with van der Waals surface area (Å²) in [4.78, 5) is 2.49. The number of hydrogen-bond acceptors (Lipinski definition) is 3. The van der Waals surface area contributed by atoms with E-state index in [1.54, 1.807) is 14.0 Å². The molecule has 0 saturated heterocycles. The van der Waals surface area contributed by atoms with Gasteiger partial charge in [0.15, 0.2) is 0 Å². The van der Waals surface area contributed by atoms with Gasteiger partial charge in [-0.2, -0.15) is 5.26 Å². The van der Waals surface area contributed by atoms with Crippen LogP contribution in [-0.2, 0) is 13.0 Å². The maximum absolute atomic E-state index is 14.6. The van der Waals surface area contributed by atoms with Crippen molar-refractivity contribution >= 4 is 0 Å². The molecule has 4 rings (SSSR count). The normalized spacial score (nSPS) is 14.6. The van der Waals surface area contributed by atoms with Gasteiger partial charge in [-0.3, -0.25) is 4.90 Å². The molecule has 0 bridgehead atoms. The monoisotopic (exact) mass is 442 g/mol. The summed E-state index contributed by atoms with van der Waals surface area (Å²) in [6, 6.07) is 18.7. The van der Waals surface area contributed by atoms with Gasteiger partial charge in [-0.15, -0.1) is 0 Å². The first-order chi connectivity index (χ1) is 15.8. The molecule has 1 aliphatic rings. The summed E-state index contributed by atoms with van der Waals surface area (Å²) in [7, 11) is 1.65. The number of methoxy groups -OCH3 is 1. The van der Waals surface area contributed by atoms with Crippen LogP contribution in [0.4, 0.5) is 4.39 Å². The highest BCUT2D eigenvalue weighted by Crippen LogP contribution is 2.40. The van der Waals surface area contributed by atoms with Crippen molar-refractivity contribution in [2.75, 3.05) is 13.7 Å². The lowest BCUT2D eigenvalue weighted by Crippen LogP contribution is -2.33. The molecule has 0 aromatic heterocycles. The van der Waals surface area contributed by atoms with Crippen LogP contribution < -0.4 is 4.74 Å². The smallest absolute Gasteiger partial charge is 0.141 e. The first-order valence-corrected chi connectivity index (χ1v) is 11.6. The Kier molecular flexibility index (Phi) is 6.54. The zero-order chi connectivity index (χ0) is 23.7. The van der Waals surface area contributed by atoms with Crippen LogP contribution in [-0.4, -0.2) is 18.6 Å². The molecule has 33 heavy (non-hydrogen) atoms. The Hall–Kier alpha value is -3.16. The first kappa shape index (κ1) is 23.0. The van der Waals surface area contributed by atoms with E-state index in [9.17, 15) is 9.65 Å². The Bertz CT molecular complexity index is 1180. The third-order valence-electron chi connectivity index (χ3n) is 6.94.